The van der Waals surface area contributed by atoms with Gasteiger partial charge in [0.15, 0.2) is 5.16 Å². The van der Waals surface area contributed by atoms with Crippen molar-refractivity contribution in [3.05, 3.63) is 11.8 Å². The summed E-state index contributed by atoms with van der Waals surface area (Å²) in [6.45, 7) is 0. The van der Waals surface area contributed by atoms with Gasteiger partial charge in [0.25, 0.3) is 0 Å². The molecular weight excluding hydrogens is 246 g/mol. The molecule has 0 radical (unpaired) electrons. The minimum atomic E-state index is -0.349. The molecule has 0 spiro atoms. The van der Waals surface area contributed by atoms with Crippen LogP contribution in [0.5, 0.6) is 0 Å². The van der Waals surface area contributed by atoms with Gasteiger partial charge >= 0.3 is 5.97 Å². The Balaban J connectivity index is 2.84. The fourth-order valence-electron chi connectivity index (χ4n) is 0.822. The van der Waals surface area contributed by atoms with Crippen molar-refractivity contribution in [3.63, 3.8) is 0 Å². The molecule has 0 unspecified atom stereocenters. The first-order chi connectivity index (χ1) is 7.71. The molecule has 16 heavy (non-hydrogen) atoms. The van der Waals surface area contributed by atoms with Gasteiger partial charge in [-0.2, -0.15) is 5.26 Å². The third-order valence-electron chi connectivity index (χ3n) is 1.59. The number of rotatable bonds is 4. The molecule has 0 atom stereocenters. The number of hydrogen-bond acceptors (Lipinski definition) is 7. The van der Waals surface area contributed by atoms with Crippen LogP contribution < -0.4 is 0 Å². The Kier molecular flexibility index (Phi) is 5.08. The molecule has 0 fully saturated rings. The number of nitriles is 1. The Bertz CT molecular complexity index is 431. The van der Waals surface area contributed by atoms with Crippen LogP contribution in [0.25, 0.3) is 0 Å². The van der Waals surface area contributed by atoms with E-state index in [-0.39, 0.29) is 11.7 Å². The Hall–Kier alpha value is -1.26. The number of methoxy groups -OCH3 is 1. The summed E-state index contributed by atoms with van der Waals surface area (Å²) in [5.41, 5.74) is 0.367. The molecule has 0 aliphatic rings. The van der Waals surface area contributed by atoms with E-state index >= 15 is 0 Å². The van der Waals surface area contributed by atoms with Gasteiger partial charge in [0.05, 0.1) is 19.1 Å². The van der Waals surface area contributed by atoms with Crippen LogP contribution in [0.2, 0.25) is 0 Å². The highest BCUT2D eigenvalue weighted by atomic mass is 32.2. The van der Waals surface area contributed by atoms with E-state index in [9.17, 15) is 4.79 Å². The molecule has 0 saturated heterocycles. The van der Waals surface area contributed by atoms with Crippen molar-refractivity contribution < 1.29 is 9.53 Å². The summed E-state index contributed by atoms with van der Waals surface area (Å²) in [6, 6.07) is 1.98. The van der Waals surface area contributed by atoms with Crippen molar-refractivity contribution in [1.82, 2.24) is 9.97 Å². The van der Waals surface area contributed by atoms with E-state index < -0.39 is 0 Å². The maximum Gasteiger partial charge on any atom is 0.316 e. The van der Waals surface area contributed by atoms with Crippen LogP contribution in [-0.4, -0.2) is 35.1 Å². The van der Waals surface area contributed by atoms with Gasteiger partial charge in [-0.15, -0.1) is 0 Å². The quantitative estimate of drug-likeness (QED) is 0.348. The number of hydrogen-bond donors (Lipinski definition) is 0. The number of aromatic nitrogens is 2. The number of thioether (sulfide) groups is 2. The van der Waals surface area contributed by atoms with Crippen molar-refractivity contribution in [2.75, 3.05) is 19.1 Å². The normalized spacial score (nSPS) is 9.56. The maximum atomic E-state index is 11.0. The summed E-state index contributed by atoms with van der Waals surface area (Å²) in [5, 5.41) is 9.92. The van der Waals surface area contributed by atoms with Crippen molar-refractivity contribution in [3.8, 4) is 6.07 Å². The van der Waals surface area contributed by atoms with E-state index in [1.807, 2.05) is 12.3 Å². The third-order valence-corrected chi connectivity index (χ3v) is 3.12. The van der Waals surface area contributed by atoms with Crippen LogP contribution in [0, 0.1) is 11.3 Å². The molecular formula is C9H9N3O2S2. The predicted molar refractivity (Wildman–Crippen MR) is 61.3 cm³/mol. The van der Waals surface area contributed by atoms with Gasteiger partial charge < -0.3 is 4.74 Å². The summed E-state index contributed by atoms with van der Waals surface area (Å²) < 4.78 is 4.51. The van der Waals surface area contributed by atoms with E-state index in [1.54, 1.807) is 0 Å². The zero-order chi connectivity index (χ0) is 12.0. The van der Waals surface area contributed by atoms with Crippen molar-refractivity contribution in [2.45, 2.75) is 10.2 Å². The van der Waals surface area contributed by atoms with E-state index in [2.05, 4.69) is 14.7 Å². The first-order valence-electron chi connectivity index (χ1n) is 4.22. The van der Waals surface area contributed by atoms with Gasteiger partial charge in [0, 0.05) is 0 Å². The number of nitrogens with zero attached hydrogens (tertiary/aromatic N) is 3. The van der Waals surface area contributed by atoms with E-state index in [4.69, 9.17) is 5.26 Å². The molecule has 0 bridgehead atoms. The summed E-state index contributed by atoms with van der Waals surface area (Å²) in [7, 11) is 1.32. The van der Waals surface area contributed by atoms with Crippen LogP contribution in [0.1, 0.15) is 5.56 Å². The second-order valence-corrected chi connectivity index (χ2v) is 4.29. The molecule has 1 aromatic rings. The topological polar surface area (TPSA) is 75.9 Å². The molecule has 0 amide bonds. The van der Waals surface area contributed by atoms with Crippen molar-refractivity contribution in [2.24, 2.45) is 0 Å². The van der Waals surface area contributed by atoms with Gasteiger partial charge in [0.1, 0.15) is 16.7 Å². The average molecular weight is 255 g/mol. The molecule has 0 aromatic carbocycles. The van der Waals surface area contributed by atoms with Gasteiger partial charge in [0.2, 0.25) is 0 Å². The largest absolute Gasteiger partial charge is 0.468 e. The highest BCUT2D eigenvalue weighted by Gasteiger charge is 2.10. The second-order valence-electron chi connectivity index (χ2n) is 2.55. The van der Waals surface area contributed by atoms with Crippen LogP contribution in [0.15, 0.2) is 16.4 Å². The Morgan fingerprint density at radius 2 is 2.44 bits per heavy atom. The summed E-state index contributed by atoms with van der Waals surface area (Å²) in [6.07, 6.45) is 3.30. The van der Waals surface area contributed by atoms with Crippen LogP contribution >= 0.6 is 23.5 Å². The van der Waals surface area contributed by atoms with Gasteiger partial charge in [-0.05, 0) is 6.26 Å². The van der Waals surface area contributed by atoms with Gasteiger partial charge in [-0.25, -0.2) is 9.97 Å². The number of carbonyl (C=O) groups is 1. The Morgan fingerprint density at radius 1 is 1.69 bits per heavy atom. The average Bonchev–Trinajstić information content (AvgIpc) is 2.35. The molecule has 1 aromatic heterocycles. The molecule has 1 heterocycles. The zero-order valence-corrected chi connectivity index (χ0v) is 10.4. The van der Waals surface area contributed by atoms with Gasteiger partial charge in [-0.3, -0.25) is 4.79 Å². The fraction of sp³-hybridized carbons (Fsp3) is 0.333. The highest BCUT2D eigenvalue weighted by Crippen LogP contribution is 2.21. The predicted octanol–water partition coefficient (Wildman–Crippen LogP) is 1.34. The fourth-order valence-corrected chi connectivity index (χ4v) is 2.00. The van der Waals surface area contributed by atoms with E-state index in [0.29, 0.717) is 15.7 Å². The molecule has 7 heteroatoms. The zero-order valence-electron chi connectivity index (χ0n) is 8.76. The molecule has 5 nitrogen and oxygen atoms in total. The molecule has 0 saturated carbocycles. The monoisotopic (exact) mass is 255 g/mol. The Labute approximate surface area is 102 Å². The lowest BCUT2D eigenvalue weighted by atomic mass is 10.4. The lowest BCUT2D eigenvalue weighted by molar-refractivity contribution is -0.137. The van der Waals surface area contributed by atoms with Gasteiger partial charge in [-0.1, -0.05) is 23.5 Å². The third kappa shape index (κ3) is 3.40. The summed E-state index contributed by atoms with van der Waals surface area (Å²) in [5.74, 6) is -0.214. The summed E-state index contributed by atoms with van der Waals surface area (Å²) in [4.78, 5) is 19.1. The standard InChI is InChI=1S/C9H9N3O2S2/c1-14-7(13)5-16-8-6(3-10)4-11-9(12-8)15-2/h4H,5H2,1-2H3. The van der Waals surface area contributed by atoms with Crippen LogP contribution in [-0.2, 0) is 9.53 Å². The van der Waals surface area contributed by atoms with Crippen LogP contribution in [0.4, 0.5) is 0 Å². The van der Waals surface area contributed by atoms with Crippen LogP contribution in [0.3, 0.4) is 0 Å². The molecule has 0 aliphatic carbocycles. The second kappa shape index (κ2) is 6.35. The minimum Gasteiger partial charge on any atom is -0.468 e. The lowest BCUT2D eigenvalue weighted by Gasteiger charge is -2.03. The number of carbonyl (C=O) groups excluding carboxylic acids is 1. The molecule has 1 rings (SSSR count). The SMILES string of the molecule is COC(=O)CSc1nc(SC)ncc1C#N. The van der Waals surface area contributed by atoms with Crippen molar-refractivity contribution >= 4 is 29.5 Å². The number of esters is 1. The summed E-state index contributed by atoms with van der Waals surface area (Å²) >= 11 is 2.55. The number of ether oxygens (including phenoxy) is 1. The lowest BCUT2D eigenvalue weighted by Crippen LogP contribution is -2.04. The molecule has 0 N–H and O–H groups in total. The molecule has 0 aliphatic heterocycles. The van der Waals surface area contributed by atoms with E-state index in [0.717, 1.165) is 0 Å². The maximum absolute atomic E-state index is 11.0. The molecule has 84 valence electrons. The minimum absolute atomic E-state index is 0.135. The van der Waals surface area contributed by atoms with E-state index in [1.165, 1.54) is 36.8 Å². The first kappa shape index (κ1) is 12.8. The smallest absolute Gasteiger partial charge is 0.316 e. The van der Waals surface area contributed by atoms with Crippen molar-refractivity contribution in [1.29, 1.82) is 5.26 Å². The highest BCUT2D eigenvalue weighted by molar-refractivity contribution is 8.00. The Morgan fingerprint density at radius 3 is 3.00 bits per heavy atom. The first-order valence-corrected chi connectivity index (χ1v) is 6.43.